The van der Waals surface area contributed by atoms with Crippen LogP contribution in [0.25, 0.3) is 10.9 Å². The van der Waals surface area contributed by atoms with Gasteiger partial charge < -0.3 is 9.30 Å². The van der Waals surface area contributed by atoms with E-state index in [2.05, 4.69) is 0 Å². The molecular formula is C13H13NO2. The van der Waals surface area contributed by atoms with E-state index in [-0.39, 0.29) is 5.78 Å². The zero-order valence-corrected chi connectivity index (χ0v) is 9.36. The summed E-state index contributed by atoms with van der Waals surface area (Å²) >= 11 is 0. The van der Waals surface area contributed by atoms with E-state index in [9.17, 15) is 4.79 Å². The minimum atomic E-state index is -0.532. The smallest absolute Gasteiger partial charge is 0.184 e. The standard InChI is InChI=1S/C13H13NO2/c1-13(16-2)8-12(15)11-7-9-5-3-4-6-10(9)14(11)13/h3-7H,8H2,1-2H3. The first kappa shape index (κ1) is 9.60. The van der Waals surface area contributed by atoms with Crippen LogP contribution in [0, 0.1) is 0 Å². The lowest BCUT2D eigenvalue weighted by Crippen LogP contribution is -2.28. The number of methoxy groups -OCH3 is 1. The lowest BCUT2D eigenvalue weighted by molar-refractivity contribution is -0.0485. The molecule has 0 N–H and O–H groups in total. The second kappa shape index (κ2) is 2.95. The van der Waals surface area contributed by atoms with Crippen molar-refractivity contribution in [2.24, 2.45) is 0 Å². The Bertz CT molecular complexity index is 585. The van der Waals surface area contributed by atoms with Crippen LogP contribution in [0.4, 0.5) is 0 Å². The van der Waals surface area contributed by atoms with E-state index in [0.29, 0.717) is 6.42 Å². The van der Waals surface area contributed by atoms with Gasteiger partial charge in [0.25, 0.3) is 0 Å². The van der Waals surface area contributed by atoms with Crippen molar-refractivity contribution in [3.8, 4) is 0 Å². The number of Topliss-reactive ketones (excluding diaryl/α,β-unsaturated/α-hetero) is 1. The van der Waals surface area contributed by atoms with E-state index in [1.165, 1.54) is 0 Å². The number of hydrogen-bond acceptors (Lipinski definition) is 2. The first-order valence-electron chi connectivity index (χ1n) is 5.35. The summed E-state index contributed by atoms with van der Waals surface area (Å²) in [6, 6.07) is 9.95. The molecule has 1 atom stereocenters. The Morgan fingerprint density at radius 3 is 2.88 bits per heavy atom. The van der Waals surface area contributed by atoms with Gasteiger partial charge in [0.05, 0.1) is 17.6 Å². The molecule has 1 aromatic heterocycles. The van der Waals surface area contributed by atoms with Crippen molar-refractivity contribution in [1.82, 2.24) is 4.57 Å². The number of benzene rings is 1. The second-order valence-electron chi connectivity index (χ2n) is 4.40. The zero-order valence-electron chi connectivity index (χ0n) is 9.36. The van der Waals surface area contributed by atoms with Crippen LogP contribution in [0.2, 0.25) is 0 Å². The Morgan fingerprint density at radius 1 is 1.38 bits per heavy atom. The highest BCUT2D eigenvalue weighted by Gasteiger charge is 2.40. The van der Waals surface area contributed by atoms with Crippen molar-refractivity contribution in [3.05, 3.63) is 36.0 Å². The Kier molecular flexibility index (Phi) is 1.77. The first-order valence-corrected chi connectivity index (χ1v) is 5.35. The van der Waals surface area contributed by atoms with Crippen molar-refractivity contribution in [2.45, 2.75) is 19.1 Å². The van der Waals surface area contributed by atoms with Crippen LogP contribution in [-0.2, 0) is 10.5 Å². The minimum Gasteiger partial charge on any atom is -0.358 e. The average Bonchev–Trinajstić information content (AvgIpc) is 2.78. The molecule has 0 saturated carbocycles. The molecule has 0 amide bonds. The van der Waals surface area contributed by atoms with Crippen molar-refractivity contribution in [3.63, 3.8) is 0 Å². The molecule has 1 aromatic carbocycles. The van der Waals surface area contributed by atoms with Gasteiger partial charge in [-0.05, 0) is 19.1 Å². The molecule has 3 heteroatoms. The Balaban J connectivity index is 2.39. The maximum atomic E-state index is 11.9. The van der Waals surface area contributed by atoms with Crippen molar-refractivity contribution in [1.29, 1.82) is 0 Å². The van der Waals surface area contributed by atoms with Gasteiger partial charge in [0.15, 0.2) is 5.78 Å². The third-order valence-electron chi connectivity index (χ3n) is 3.40. The first-order chi connectivity index (χ1) is 7.65. The molecule has 0 spiro atoms. The van der Waals surface area contributed by atoms with E-state index in [0.717, 1.165) is 16.6 Å². The maximum Gasteiger partial charge on any atom is 0.184 e. The van der Waals surface area contributed by atoms with E-state index in [1.54, 1.807) is 7.11 Å². The Labute approximate surface area is 93.6 Å². The van der Waals surface area contributed by atoms with E-state index in [4.69, 9.17) is 4.74 Å². The summed E-state index contributed by atoms with van der Waals surface area (Å²) in [5.74, 6) is 0.153. The predicted molar refractivity (Wildman–Crippen MR) is 61.5 cm³/mol. The third kappa shape index (κ3) is 1.04. The van der Waals surface area contributed by atoms with Gasteiger partial charge in [0, 0.05) is 12.5 Å². The highest BCUT2D eigenvalue weighted by atomic mass is 16.5. The normalized spacial score (nSPS) is 24.0. The number of carbonyl (C=O) groups excluding carboxylic acids is 1. The van der Waals surface area contributed by atoms with Crippen molar-refractivity contribution in [2.75, 3.05) is 7.11 Å². The number of nitrogens with zero attached hydrogens (tertiary/aromatic N) is 1. The second-order valence-corrected chi connectivity index (χ2v) is 4.40. The predicted octanol–water partition coefficient (Wildman–Crippen LogP) is 2.55. The molecule has 0 aliphatic carbocycles. The van der Waals surface area contributed by atoms with Crippen LogP contribution in [-0.4, -0.2) is 17.5 Å². The summed E-state index contributed by atoms with van der Waals surface area (Å²) in [6.45, 7) is 1.95. The van der Waals surface area contributed by atoms with Gasteiger partial charge in [0.1, 0.15) is 5.72 Å². The average molecular weight is 215 g/mol. The van der Waals surface area contributed by atoms with Crippen molar-refractivity contribution < 1.29 is 9.53 Å². The molecule has 0 saturated heterocycles. The zero-order chi connectivity index (χ0) is 11.3. The number of aromatic nitrogens is 1. The minimum absolute atomic E-state index is 0.153. The molecule has 3 rings (SSSR count). The molecule has 3 nitrogen and oxygen atoms in total. The number of para-hydroxylation sites is 1. The molecular weight excluding hydrogens is 202 g/mol. The summed E-state index contributed by atoms with van der Waals surface area (Å²) in [7, 11) is 1.65. The number of rotatable bonds is 1. The molecule has 0 radical (unpaired) electrons. The summed E-state index contributed by atoms with van der Waals surface area (Å²) in [6.07, 6.45) is 0.420. The molecule has 0 bridgehead atoms. The maximum absolute atomic E-state index is 11.9. The lowest BCUT2D eigenvalue weighted by Gasteiger charge is -2.25. The Hall–Kier alpha value is -1.61. The lowest BCUT2D eigenvalue weighted by atomic mass is 10.1. The molecule has 1 aliphatic heterocycles. The fourth-order valence-corrected chi connectivity index (χ4v) is 2.50. The van der Waals surface area contributed by atoms with E-state index < -0.39 is 5.72 Å². The molecule has 1 aliphatic rings. The van der Waals surface area contributed by atoms with Gasteiger partial charge >= 0.3 is 0 Å². The van der Waals surface area contributed by atoms with Gasteiger partial charge in [-0.2, -0.15) is 0 Å². The Morgan fingerprint density at radius 2 is 2.12 bits per heavy atom. The summed E-state index contributed by atoms with van der Waals surface area (Å²) in [4.78, 5) is 11.9. The molecule has 2 heterocycles. The quantitative estimate of drug-likeness (QED) is 0.732. The SMILES string of the molecule is COC1(C)CC(=O)c2cc3ccccc3n21. The van der Waals surface area contributed by atoms with E-state index in [1.807, 2.05) is 41.8 Å². The number of fused-ring (bicyclic) bond motifs is 3. The monoisotopic (exact) mass is 215 g/mol. The van der Waals surface area contributed by atoms with E-state index >= 15 is 0 Å². The summed E-state index contributed by atoms with van der Waals surface area (Å²) in [5.41, 5.74) is 1.29. The number of ketones is 1. The number of ether oxygens (including phenoxy) is 1. The fraction of sp³-hybridized carbons (Fsp3) is 0.308. The van der Waals surface area contributed by atoms with Crippen LogP contribution in [0.15, 0.2) is 30.3 Å². The van der Waals surface area contributed by atoms with Crippen LogP contribution >= 0.6 is 0 Å². The molecule has 1 unspecified atom stereocenters. The van der Waals surface area contributed by atoms with Crippen molar-refractivity contribution >= 4 is 16.7 Å². The highest BCUT2D eigenvalue weighted by molar-refractivity contribution is 6.03. The van der Waals surface area contributed by atoms with Gasteiger partial charge in [-0.15, -0.1) is 0 Å². The molecule has 16 heavy (non-hydrogen) atoms. The molecule has 0 fully saturated rings. The van der Waals surface area contributed by atoms with Crippen LogP contribution in [0.1, 0.15) is 23.8 Å². The van der Waals surface area contributed by atoms with Gasteiger partial charge in [-0.3, -0.25) is 4.79 Å². The van der Waals surface area contributed by atoms with Gasteiger partial charge in [-0.25, -0.2) is 0 Å². The molecule has 82 valence electrons. The summed E-state index contributed by atoms with van der Waals surface area (Å²) < 4.78 is 7.51. The van der Waals surface area contributed by atoms with Gasteiger partial charge in [-0.1, -0.05) is 18.2 Å². The third-order valence-corrected chi connectivity index (χ3v) is 3.40. The number of carbonyl (C=O) groups is 1. The molecule has 2 aromatic rings. The largest absolute Gasteiger partial charge is 0.358 e. The highest BCUT2D eigenvalue weighted by Crippen LogP contribution is 2.37. The summed E-state index contributed by atoms with van der Waals surface area (Å²) in [5, 5.41) is 1.09. The fourth-order valence-electron chi connectivity index (χ4n) is 2.50. The van der Waals surface area contributed by atoms with Crippen LogP contribution in [0.5, 0.6) is 0 Å². The van der Waals surface area contributed by atoms with Crippen LogP contribution < -0.4 is 0 Å². The topological polar surface area (TPSA) is 31.2 Å². The number of hydrogen-bond donors (Lipinski definition) is 0. The van der Waals surface area contributed by atoms with Crippen LogP contribution in [0.3, 0.4) is 0 Å². The van der Waals surface area contributed by atoms with Gasteiger partial charge in [0.2, 0.25) is 0 Å².